The highest BCUT2D eigenvalue weighted by Gasteiger charge is 2.38. The summed E-state index contributed by atoms with van der Waals surface area (Å²) in [6.45, 7) is 3.82. The minimum Gasteiger partial charge on any atom is -0.269 e. The second-order valence-corrected chi connectivity index (χ2v) is 3.67. The molecular weight excluding hydrogens is 212 g/mol. The highest BCUT2D eigenvalue weighted by atomic mass is 16.2. The van der Waals surface area contributed by atoms with E-state index in [9.17, 15) is 14.4 Å². The van der Waals surface area contributed by atoms with Gasteiger partial charge in [0.15, 0.2) is 0 Å². The van der Waals surface area contributed by atoms with Gasteiger partial charge in [0, 0.05) is 12.2 Å². The lowest BCUT2D eigenvalue weighted by Crippen LogP contribution is -2.30. The Morgan fingerprint density at radius 1 is 1.31 bits per heavy atom. The topological polar surface area (TPSA) is 84.3 Å². The second-order valence-electron chi connectivity index (χ2n) is 3.67. The molecule has 0 spiro atoms. The Labute approximate surface area is 91.0 Å². The maximum Gasteiger partial charge on any atom is 0.336 e. The lowest BCUT2D eigenvalue weighted by molar-refractivity contribution is -0.134. The number of nitrogens with one attached hydrogen (secondary N) is 1. The van der Waals surface area contributed by atoms with Crippen LogP contribution in [0, 0.1) is 0 Å². The highest BCUT2D eigenvalue weighted by molar-refractivity contribution is 6.52. The highest BCUT2D eigenvalue weighted by Crippen LogP contribution is 2.18. The zero-order chi connectivity index (χ0) is 11.9. The van der Waals surface area contributed by atoms with Gasteiger partial charge in [-0.3, -0.25) is 19.6 Å². The maximum absolute atomic E-state index is 11.4. The fourth-order valence-electron chi connectivity index (χ4n) is 1.36. The number of carbonyl (C=O) groups is 3. The molecule has 1 aromatic heterocycles. The van der Waals surface area contributed by atoms with Gasteiger partial charge in [0.2, 0.25) is 0 Å². The van der Waals surface area contributed by atoms with Crippen molar-refractivity contribution in [3.63, 3.8) is 0 Å². The summed E-state index contributed by atoms with van der Waals surface area (Å²) in [6, 6.07) is -0.622. The standard InChI is InChI=1S/C9H10N4O3/c1-5(2)12-4-6(3-10-12)13-8(15)7(14)11-9(13)16/h3-5H,1-2H3,(H,11,14,16). The van der Waals surface area contributed by atoms with E-state index in [0.717, 1.165) is 4.90 Å². The molecule has 0 radical (unpaired) electrons. The van der Waals surface area contributed by atoms with Crippen molar-refractivity contribution < 1.29 is 14.4 Å². The molecule has 84 valence electrons. The molecule has 0 aromatic carbocycles. The average Bonchev–Trinajstić information content (AvgIpc) is 2.74. The Balaban J connectivity index is 2.33. The molecule has 4 amide bonds. The molecule has 0 bridgehead atoms. The number of hydrogen-bond acceptors (Lipinski definition) is 4. The summed E-state index contributed by atoms with van der Waals surface area (Å²) in [5.74, 6) is -1.80. The van der Waals surface area contributed by atoms with Crippen molar-refractivity contribution in [2.24, 2.45) is 0 Å². The molecule has 16 heavy (non-hydrogen) atoms. The van der Waals surface area contributed by atoms with Crippen molar-refractivity contribution in [2.45, 2.75) is 19.9 Å². The first-order valence-electron chi connectivity index (χ1n) is 4.74. The first-order valence-corrected chi connectivity index (χ1v) is 4.74. The Hall–Kier alpha value is -2.18. The van der Waals surface area contributed by atoms with E-state index in [1.54, 1.807) is 10.9 Å². The zero-order valence-corrected chi connectivity index (χ0v) is 8.80. The number of carbonyl (C=O) groups excluding carboxylic acids is 3. The van der Waals surface area contributed by atoms with Crippen molar-refractivity contribution in [1.82, 2.24) is 15.1 Å². The maximum atomic E-state index is 11.4. The van der Waals surface area contributed by atoms with Crippen LogP contribution in [0.15, 0.2) is 12.4 Å². The SMILES string of the molecule is CC(C)n1cc(N2C(=O)NC(=O)C2=O)cn1. The molecule has 2 heterocycles. The normalized spacial score (nSPS) is 16.2. The molecule has 0 saturated carbocycles. The van der Waals surface area contributed by atoms with Gasteiger partial charge in [-0.15, -0.1) is 0 Å². The van der Waals surface area contributed by atoms with Crippen LogP contribution in [0.4, 0.5) is 10.5 Å². The van der Waals surface area contributed by atoms with Gasteiger partial charge in [-0.05, 0) is 13.8 Å². The molecule has 1 aliphatic rings. The van der Waals surface area contributed by atoms with E-state index in [2.05, 4.69) is 5.10 Å². The van der Waals surface area contributed by atoms with Gasteiger partial charge in [-0.1, -0.05) is 0 Å². The fourth-order valence-corrected chi connectivity index (χ4v) is 1.36. The van der Waals surface area contributed by atoms with E-state index < -0.39 is 17.8 Å². The minimum atomic E-state index is -0.915. The molecule has 7 heteroatoms. The number of rotatable bonds is 2. The quantitative estimate of drug-likeness (QED) is 0.566. The first kappa shape index (κ1) is 10.3. The summed E-state index contributed by atoms with van der Waals surface area (Å²) in [5.41, 5.74) is 0.294. The van der Waals surface area contributed by atoms with Gasteiger partial charge in [-0.25, -0.2) is 9.69 Å². The summed E-state index contributed by atoms with van der Waals surface area (Å²) < 4.78 is 1.60. The third kappa shape index (κ3) is 1.46. The van der Waals surface area contributed by atoms with E-state index in [4.69, 9.17) is 0 Å². The third-order valence-corrected chi connectivity index (χ3v) is 2.20. The van der Waals surface area contributed by atoms with Crippen molar-refractivity contribution in [2.75, 3.05) is 4.90 Å². The number of hydrogen-bond donors (Lipinski definition) is 1. The van der Waals surface area contributed by atoms with Crippen LogP contribution in [0.1, 0.15) is 19.9 Å². The number of nitrogens with zero attached hydrogens (tertiary/aromatic N) is 3. The first-order chi connectivity index (χ1) is 7.50. The van der Waals surface area contributed by atoms with Crippen molar-refractivity contribution >= 4 is 23.5 Å². The van der Waals surface area contributed by atoms with Crippen LogP contribution in [-0.2, 0) is 9.59 Å². The summed E-state index contributed by atoms with van der Waals surface area (Å²) >= 11 is 0. The van der Waals surface area contributed by atoms with Crippen molar-refractivity contribution in [3.05, 3.63) is 12.4 Å². The van der Waals surface area contributed by atoms with E-state index in [0.29, 0.717) is 5.69 Å². The Kier molecular flexibility index (Phi) is 2.22. The lowest BCUT2D eigenvalue weighted by Gasteiger charge is -2.07. The Morgan fingerprint density at radius 3 is 2.44 bits per heavy atom. The molecule has 0 aliphatic carbocycles. The lowest BCUT2D eigenvalue weighted by atomic mass is 10.4. The molecule has 7 nitrogen and oxygen atoms in total. The van der Waals surface area contributed by atoms with Crippen LogP contribution in [0.25, 0.3) is 0 Å². The van der Waals surface area contributed by atoms with E-state index in [1.165, 1.54) is 6.20 Å². The second kappa shape index (κ2) is 3.44. The number of urea groups is 1. The van der Waals surface area contributed by atoms with Crippen molar-refractivity contribution in [1.29, 1.82) is 0 Å². The van der Waals surface area contributed by atoms with E-state index in [-0.39, 0.29) is 6.04 Å². The van der Waals surface area contributed by atoms with Crippen LogP contribution in [0.3, 0.4) is 0 Å². The predicted molar refractivity (Wildman–Crippen MR) is 53.6 cm³/mol. The molecule has 2 rings (SSSR count). The van der Waals surface area contributed by atoms with Gasteiger partial charge in [-0.2, -0.15) is 5.10 Å². The van der Waals surface area contributed by atoms with E-state index >= 15 is 0 Å². The fraction of sp³-hybridized carbons (Fsp3) is 0.333. The van der Waals surface area contributed by atoms with Crippen LogP contribution in [0.5, 0.6) is 0 Å². The molecular formula is C9H10N4O3. The van der Waals surface area contributed by atoms with Gasteiger partial charge in [0.25, 0.3) is 0 Å². The number of amides is 4. The van der Waals surface area contributed by atoms with Gasteiger partial charge < -0.3 is 0 Å². The Morgan fingerprint density at radius 2 is 2.00 bits per heavy atom. The van der Waals surface area contributed by atoms with Crippen LogP contribution in [-0.4, -0.2) is 27.6 Å². The summed E-state index contributed by atoms with van der Waals surface area (Å²) in [5, 5.41) is 5.90. The molecule has 1 fully saturated rings. The van der Waals surface area contributed by atoms with Gasteiger partial charge in [0.1, 0.15) is 0 Å². The average molecular weight is 222 g/mol. The molecule has 0 atom stereocenters. The largest absolute Gasteiger partial charge is 0.336 e. The molecule has 1 saturated heterocycles. The smallest absolute Gasteiger partial charge is 0.269 e. The monoisotopic (exact) mass is 222 g/mol. The van der Waals surface area contributed by atoms with Crippen LogP contribution >= 0.6 is 0 Å². The zero-order valence-electron chi connectivity index (χ0n) is 8.80. The summed E-state index contributed by atoms with van der Waals surface area (Å²) in [6.07, 6.45) is 2.91. The van der Waals surface area contributed by atoms with Crippen LogP contribution < -0.4 is 10.2 Å². The molecule has 0 unspecified atom stereocenters. The molecule has 1 aliphatic heterocycles. The minimum absolute atomic E-state index is 0.116. The number of imide groups is 2. The van der Waals surface area contributed by atoms with Gasteiger partial charge in [0.05, 0.1) is 11.9 Å². The third-order valence-electron chi connectivity index (χ3n) is 2.20. The number of aromatic nitrogens is 2. The molecule has 1 aromatic rings. The van der Waals surface area contributed by atoms with Crippen LogP contribution in [0.2, 0.25) is 0 Å². The predicted octanol–water partition coefficient (Wildman–Crippen LogP) is 0.0468. The summed E-state index contributed by atoms with van der Waals surface area (Å²) in [4.78, 5) is 34.4. The number of anilines is 1. The van der Waals surface area contributed by atoms with E-state index in [1.807, 2.05) is 19.2 Å². The van der Waals surface area contributed by atoms with Crippen molar-refractivity contribution in [3.8, 4) is 0 Å². The Bertz CT molecular complexity index is 477. The molecule has 1 N–H and O–H groups in total. The van der Waals surface area contributed by atoms with Gasteiger partial charge >= 0.3 is 17.8 Å². The summed E-state index contributed by atoms with van der Waals surface area (Å²) in [7, 11) is 0.